The molecule has 0 radical (unpaired) electrons. The molecule has 0 saturated heterocycles. The van der Waals surface area contributed by atoms with Crippen LogP contribution in [0.2, 0.25) is 0 Å². The highest BCUT2D eigenvalue weighted by Crippen LogP contribution is 2.27. The van der Waals surface area contributed by atoms with Crippen LogP contribution in [0.5, 0.6) is 5.75 Å². The van der Waals surface area contributed by atoms with Crippen molar-refractivity contribution < 1.29 is 17.9 Å². The number of carbonyl (C=O) groups is 1. The fourth-order valence-corrected chi connectivity index (χ4v) is 5.08. The lowest BCUT2D eigenvalue weighted by Gasteiger charge is -2.19. The average molecular weight is 588 g/mol. The first-order valence-electron chi connectivity index (χ1n) is 12.4. The first-order chi connectivity index (χ1) is 19.5. The van der Waals surface area contributed by atoms with E-state index in [9.17, 15) is 13.2 Å². The molecule has 4 aromatic rings. The molecule has 4 rings (SSSR count). The van der Waals surface area contributed by atoms with Gasteiger partial charge in [-0.3, -0.25) is 5.41 Å². The molecule has 0 aliphatic carbocycles. The van der Waals surface area contributed by atoms with Crippen molar-refractivity contribution in [3.63, 3.8) is 0 Å². The van der Waals surface area contributed by atoms with Crippen molar-refractivity contribution in [2.75, 3.05) is 19.5 Å². The summed E-state index contributed by atoms with van der Waals surface area (Å²) >= 11 is 5.45. The molecule has 0 aromatic heterocycles. The van der Waals surface area contributed by atoms with Crippen molar-refractivity contribution in [1.82, 2.24) is 10.2 Å². The molecule has 0 aliphatic heterocycles. The van der Waals surface area contributed by atoms with Crippen LogP contribution in [0.15, 0.2) is 102 Å². The minimum Gasteiger partial charge on any atom is -0.497 e. The molecule has 2 amide bonds. The highest BCUT2D eigenvalue weighted by molar-refractivity contribution is 7.89. The van der Waals surface area contributed by atoms with Crippen LogP contribution in [0.25, 0.3) is 11.1 Å². The number of nitrogens with two attached hydrogens (primary N) is 1. The summed E-state index contributed by atoms with van der Waals surface area (Å²) in [4.78, 5) is 14.8. The van der Waals surface area contributed by atoms with Gasteiger partial charge in [0.25, 0.3) is 0 Å². The molecule has 0 fully saturated rings. The summed E-state index contributed by atoms with van der Waals surface area (Å²) in [5, 5.41) is 19.6. The number of sulfonamides is 1. The van der Waals surface area contributed by atoms with Gasteiger partial charge >= 0.3 is 6.03 Å². The predicted molar refractivity (Wildman–Crippen MR) is 165 cm³/mol. The number of hydrogen-bond acceptors (Lipinski definition) is 6. The Morgan fingerprint density at radius 2 is 1.63 bits per heavy atom. The van der Waals surface area contributed by atoms with Crippen LogP contribution in [0.1, 0.15) is 16.7 Å². The molecule has 5 N–H and O–H groups in total. The van der Waals surface area contributed by atoms with E-state index in [4.69, 9.17) is 27.5 Å². The van der Waals surface area contributed by atoms with Crippen molar-refractivity contribution in [3.05, 3.63) is 114 Å². The average Bonchev–Trinajstić information content (AvgIpc) is 2.97. The van der Waals surface area contributed by atoms with Crippen LogP contribution in [-0.2, 0) is 16.6 Å². The van der Waals surface area contributed by atoms with E-state index in [0.29, 0.717) is 33.9 Å². The highest BCUT2D eigenvalue weighted by atomic mass is 32.2. The molecule has 4 aromatic carbocycles. The van der Waals surface area contributed by atoms with Gasteiger partial charge in [-0.25, -0.2) is 18.4 Å². The molecule has 11 heteroatoms. The van der Waals surface area contributed by atoms with Crippen LogP contribution >= 0.6 is 12.2 Å². The first-order valence-corrected chi connectivity index (χ1v) is 14.4. The van der Waals surface area contributed by atoms with E-state index < -0.39 is 10.0 Å². The van der Waals surface area contributed by atoms with Crippen molar-refractivity contribution in [2.45, 2.75) is 11.4 Å². The molecule has 0 bridgehead atoms. The number of methoxy groups -OCH3 is 1. The van der Waals surface area contributed by atoms with Gasteiger partial charge in [-0.2, -0.15) is 0 Å². The monoisotopic (exact) mass is 587 g/mol. The third-order valence-electron chi connectivity index (χ3n) is 6.21. The van der Waals surface area contributed by atoms with Crippen LogP contribution in [0.4, 0.5) is 10.5 Å². The number of anilines is 1. The number of carbonyl (C=O) groups excluding carboxylic acids is 1. The number of amidine groups is 1. The molecular weight excluding hydrogens is 558 g/mol. The smallest absolute Gasteiger partial charge is 0.321 e. The van der Waals surface area contributed by atoms with Gasteiger partial charge in [0.15, 0.2) is 0 Å². The van der Waals surface area contributed by atoms with Crippen molar-refractivity contribution in [3.8, 4) is 16.9 Å². The van der Waals surface area contributed by atoms with Crippen LogP contribution < -0.4 is 20.5 Å². The summed E-state index contributed by atoms with van der Waals surface area (Å²) in [5.41, 5.74) is 3.90. The molecule has 0 atom stereocenters. The Morgan fingerprint density at radius 3 is 2.29 bits per heavy atom. The van der Waals surface area contributed by atoms with Gasteiger partial charge in [-0.15, -0.1) is 0 Å². The van der Waals surface area contributed by atoms with Crippen molar-refractivity contribution in [1.29, 1.82) is 5.41 Å². The Bertz CT molecular complexity index is 1690. The van der Waals surface area contributed by atoms with Crippen LogP contribution in [-0.4, -0.2) is 44.3 Å². The van der Waals surface area contributed by atoms with E-state index in [1.807, 2.05) is 30.3 Å². The first kappa shape index (κ1) is 29.4. The van der Waals surface area contributed by atoms with Gasteiger partial charge in [0.05, 0.1) is 12.0 Å². The van der Waals surface area contributed by atoms with E-state index in [-0.39, 0.29) is 16.8 Å². The minimum atomic E-state index is -3.89. The second-order valence-electron chi connectivity index (χ2n) is 9.16. The van der Waals surface area contributed by atoms with E-state index in [0.717, 1.165) is 16.9 Å². The predicted octanol–water partition coefficient (Wildman–Crippen LogP) is 4.96. The minimum absolute atomic E-state index is 0.0320. The van der Waals surface area contributed by atoms with Crippen molar-refractivity contribution in [2.24, 2.45) is 5.14 Å². The Labute approximate surface area is 244 Å². The molecule has 0 spiro atoms. The number of benzene rings is 4. The number of urea groups is 1. The normalized spacial score (nSPS) is 10.9. The number of nitrogens with one attached hydrogen (secondary N) is 3. The molecule has 0 heterocycles. The van der Waals surface area contributed by atoms with Gasteiger partial charge in [0.1, 0.15) is 16.6 Å². The third-order valence-corrected chi connectivity index (χ3v) is 7.52. The fraction of sp³-hybridized carbons (Fsp3) is 0.100. The summed E-state index contributed by atoms with van der Waals surface area (Å²) in [6.07, 6.45) is 0. The molecule has 9 nitrogen and oxygen atoms in total. The lowest BCUT2D eigenvalue weighted by Crippen LogP contribution is -2.31. The number of amides is 2. The second-order valence-corrected chi connectivity index (χ2v) is 11.1. The standard InChI is InChI=1S/C30H29N5O4S2/c1-35(30(36)33-24-14-10-21(11-15-24)26-8-3-4-9-27(26)41(32,37)38)19-20-6-5-7-23(18-20)28(31)34-29(40)22-12-16-25(39-2)17-13-22/h3-18H,19H2,1-2H3,(H,33,36)(H2,31,34,40)(H2,32,37,38). The van der Waals surface area contributed by atoms with Crippen LogP contribution in [0, 0.1) is 5.41 Å². The largest absolute Gasteiger partial charge is 0.497 e. The molecular formula is C30H29N5O4S2. The molecule has 0 aliphatic rings. The van der Waals surface area contributed by atoms with Gasteiger partial charge in [0.2, 0.25) is 10.0 Å². The fourth-order valence-electron chi connectivity index (χ4n) is 4.08. The summed E-state index contributed by atoms with van der Waals surface area (Å²) in [6.45, 7) is 0.301. The van der Waals surface area contributed by atoms with Gasteiger partial charge in [-0.1, -0.05) is 60.7 Å². The quantitative estimate of drug-likeness (QED) is 0.131. The summed E-state index contributed by atoms with van der Waals surface area (Å²) in [7, 11) is -0.626. The third kappa shape index (κ3) is 7.54. The summed E-state index contributed by atoms with van der Waals surface area (Å²) in [6, 6.07) is 27.5. The number of hydrogen-bond donors (Lipinski definition) is 4. The zero-order chi connectivity index (χ0) is 29.6. The Kier molecular flexibility index (Phi) is 9.13. The van der Waals surface area contributed by atoms with E-state index in [1.165, 1.54) is 11.0 Å². The van der Waals surface area contributed by atoms with E-state index in [2.05, 4.69) is 10.6 Å². The van der Waals surface area contributed by atoms with E-state index in [1.54, 1.807) is 74.8 Å². The summed E-state index contributed by atoms with van der Waals surface area (Å²) < 4.78 is 29.0. The maximum absolute atomic E-state index is 12.9. The van der Waals surface area contributed by atoms with E-state index >= 15 is 0 Å². The Morgan fingerprint density at radius 1 is 0.951 bits per heavy atom. The lowest BCUT2D eigenvalue weighted by molar-refractivity contribution is 0.220. The number of nitrogens with zero attached hydrogens (tertiary/aromatic N) is 1. The van der Waals surface area contributed by atoms with Gasteiger partial charge in [-0.05, 0) is 59.7 Å². The summed E-state index contributed by atoms with van der Waals surface area (Å²) in [5.74, 6) is 0.860. The highest BCUT2D eigenvalue weighted by Gasteiger charge is 2.15. The number of primary sulfonamides is 1. The topological polar surface area (TPSA) is 138 Å². The lowest BCUT2D eigenvalue weighted by atomic mass is 10.1. The maximum Gasteiger partial charge on any atom is 0.321 e. The maximum atomic E-state index is 12.9. The second kappa shape index (κ2) is 12.7. The SMILES string of the molecule is COc1ccc(C(=S)NC(=N)c2cccc(CN(C)C(=O)Nc3ccc(-c4ccccc4S(N)(=O)=O)cc3)c2)cc1. The Balaban J connectivity index is 1.37. The van der Waals surface area contributed by atoms with Gasteiger partial charge in [0, 0.05) is 36.0 Å². The van der Waals surface area contributed by atoms with Crippen LogP contribution in [0.3, 0.4) is 0 Å². The van der Waals surface area contributed by atoms with Crippen molar-refractivity contribution >= 4 is 44.8 Å². The zero-order valence-corrected chi connectivity index (χ0v) is 24.1. The molecule has 0 saturated carbocycles. The van der Waals surface area contributed by atoms with Gasteiger partial charge < -0.3 is 20.3 Å². The molecule has 210 valence electrons. The molecule has 0 unspecified atom stereocenters. The zero-order valence-electron chi connectivity index (χ0n) is 22.4. The number of thiocarbonyl (C=S) groups is 1. The number of rotatable bonds is 8. The molecule has 41 heavy (non-hydrogen) atoms. The number of ether oxygens (including phenoxy) is 1. The Hall–Kier alpha value is -4.58.